The molecule has 5 nitrogen and oxygen atoms in total. The van der Waals surface area contributed by atoms with Crippen molar-refractivity contribution in [2.75, 3.05) is 13.1 Å². The molecule has 0 aromatic heterocycles. The molecule has 1 unspecified atom stereocenters. The van der Waals surface area contributed by atoms with Gasteiger partial charge >= 0.3 is 5.97 Å². The molecule has 1 fully saturated rings. The van der Waals surface area contributed by atoms with Crippen LogP contribution in [-0.4, -0.2) is 40.1 Å². The number of rotatable bonds is 4. The lowest BCUT2D eigenvalue weighted by Gasteiger charge is -2.32. The fraction of sp³-hybridized carbons (Fsp3) is 0.500. The van der Waals surface area contributed by atoms with Gasteiger partial charge in [0.1, 0.15) is 5.75 Å². The molecule has 5 heteroatoms. The number of likely N-dealkylation sites (tertiary alicyclic amines) is 1. The van der Waals surface area contributed by atoms with E-state index >= 15 is 0 Å². The van der Waals surface area contributed by atoms with Gasteiger partial charge in [-0.15, -0.1) is 0 Å². The Morgan fingerprint density at radius 1 is 1.38 bits per heavy atom. The second-order valence-corrected chi connectivity index (χ2v) is 5.69. The van der Waals surface area contributed by atoms with Crippen molar-refractivity contribution in [1.82, 2.24) is 4.90 Å². The van der Waals surface area contributed by atoms with Crippen LogP contribution in [0, 0.1) is 12.8 Å². The Morgan fingerprint density at radius 2 is 2.14 bits per heavy atom. The maximum absolute atomic E-state index is 12.4. The van der Waals surface area contributed by atoms with E-state index in [1.165, 1.54) is 6.07 Å². The number of phenols is 1. The zero-order chi connectivity index (χ0) is 15.4. The minimum atomic E-state index is -0.790. The Morgan fingerprint density at radius 3 is 2.81 bits per heavy atom. The molecule has 0 radical (unpaired) electrons. The van der Waals surface area contributed by atoms with Gasteiger partial charge in [-0.05, 0) is 49.8 Å². The summed E-state index contributed by atoms with van der Waals surface area (Å²) in [5.74, 6) is -0.509. The van der Waals surface area contributed by atoms with E-state index in [4.69, 9.17) is 5.11 Å². The molecule has 1 aliphatic rings. The van der Waals surface area contributed by atoms with Gasteiger partial charge in [0.05, 0.1) is 0 Å². The third-order valence-electron chi connectivity index (χ3n) is 4.03. The molecular weight excluding hydrogens is 270 g/mol. The summed E-state index contributed by atoms with van der Waals surface area (Å²) in [5.41, 5.74) is 1.22. The predicted octanol–water partition coefficient (Wildman–Crippen LogP) is 2.42. The molecule has 2 N–H and O–H groups in total. The summed E-state index contributed by atoms with van der Waals surface area (Å²) in [4.78, 5) is 24.8. The Kier molecular flexibility index (Phi) is 4.83. The first-order valence-electron chi connectivity index (χ1n) is 7.28. The number of aromatic hydroxyl groups is 1. The molecule has 0 saturated carbocycles. The molecule has 1 amide bonds. The molecule has 0 spiro atoms. The lowest BCUT2D eigenvalue weighted by molar-refractivity contribution is -0.137. The van der Waals surface area contributed by atoms with E-state index in [0.717, 1.165) is 18.4 Å². The number of carbonyl (C=O) groups excluding carboxylic acids is 1. The maximum Gasteiger partial charge on any atom is 0.303 e. The van der Waals surface area contributed by atoms with Crippen LogP contribution in [0.2, 0.25) is 0 Å². The van der Waals surface area contributed by atoms with Gasteiger partial charge in [-0.25, -0.2) is 0 Å². The molecular formula is C16H21NO4. The average Bonchev–Trinajstić information content (AvgIpc) is 2.47. The number of benzene rings is 1. The monoisotopic (exact) mass is 291 g/mol. The minimum absolute atomic E-state index is 0.0923. The van der Waals surface area contributed by atoms with Crippen LogP contribution in [0.3, 0.4) is 0 Å². The van der Waals surface area contributed by atoms with Crippen molar-refractivity contribution < 1.29 is 19.8 Å². The van der Waals surface area contributed by atoms with Crippen LogP contribution < -0.4 is 0 Å². The van der Waals surface area contributed by atoms with Gasteiger partial charge in [-0.2, -0.15) is 0 Å². The topological polar surface area (TPSA) is 77.8 Å². The summed E-state index contributed by atoms with van der Waals surface area (Å²) in [6.07, 6.45) is 2.63. The summed E-state index contributed by atoms with van der Waals surface area (Å²) in [5, 5.41) is 18.5. The third-order valence-corrected chi connectivity index (χ3v) is 4.03. The average molecular weight is 291 g/mol. The van der Waals surface area contributed by atoms with Crippen LogP contribution >= 0.6 is 0 Å². The van der Waals surface area contributed by atoms with Crippen molar-refractivity contribution in [2.24, 2.45) is 5.92 Å². The summed E-state index contributed by atoms with van der Waals surface area (Å²) in [6.45, 7) is 3.07. The van der Waals surface area contributed by atoms with Crippen molar-refractivity contribution >= 4 is 11.9 Å². The highest BCUT2D eigenvalue weighted by molar-refractivity contribution is 5.94. The molecule has 1 aromatic rings. The number of aryl methyl sites for hydroxylation is 1. The second-order valence-electron chi connectivity index (χ2n) is 5.69. The van der Waals surface area contributed by atoms with E-state index in [1.807, 2.05) is 0 Å². The first-order valence-corrected chi connectivity index (χ1v) is 7.28. The second kappa shape index (κ2) is 6.61. The first-order chi connectivity index (χ1) is 9.97. The zero-order valence-electron chi connectivity index (χ0n) is 12.2. The molecule has 1 atom stereocenters. The predicted molar refractivity (Wildman–Crippen MR) is 78.3 cm³/mol. The van der Waals surface area contributed by atoms with Gasteiger partial charge < -0.3 is 15.1 Å². The third kappa shape index (κ3) is 3.97. The lowest BCUT2D eigenvalue weighted by atomic mass is 9.93. The first kappa shape index (κ1) is 15.4. The number of carboxylic acid groups (broad SMARTS) is 1. The Hall–Kier alpha value is -2.04. The quantitative estimate of drug-likeness (QED) is 0.893. The van der Waals surface area contributed by atoms with Crippen LogP contribution in [0.5, 0.6) is 5.75 Å². The number of piperidine rings is 1. The number of amides is 1. The van der Waals surface area contributed by atoms with E-state index < -0.39 is 5.97 Å². The number of phenolic OH excluding ortho intramolecular Hbond substituents is 1. The number of carbonyl (C=O) groups is 2. The van der Waals surface area contributed by atoms with Crippen molar-refractivity contribution in [1.29, 1.82) is 0 Å². The van der Waals surface area contributed by atoms with E-state index in [1.54, 1.807) is 24.0 Å². The highest BCUT2D eigenvalue weighted by atomic mass is 16.4. The number of hydrogen-bond donors (Lipinski definition) is 2. The molecule has 0 aliphatic carbocycles. The Balaban J connectivity index is 2.01. The fourth-order valence-corrected chi connectivity index (χ4v) is 2.74. The van der Waals surface area contributed by atoms with Crippen LogP contribution in [-0.2, 0) is 4.79 Å². The molecule has 1 heterocycles. The van der Waals surface area contributed by atoms with Gasteiger partial charge in [0.25, 0.3) is 5.91 Å². The summed E-state index contributed by atoms with van der Waals surface area (Å²) >= 11 is 0. The smallest absolute Gasteiger partial charge is 0.303 e. The summed E-state index contributed by atoms with van der Waals surface area (Å²) < 4.78 is 0. The highest BCUT2D eigenvalue weighted by Gasteiger charge is 2.25. The van der Waals surface area contributed by atoms with E-state index in [-0.39, 0.29) is 24.0 Å². The van der Waals surface area contributed by atoms with E-state index in [0.29, 0.717) is 25.1 Å². The Bertz CT molecular complexity index is 541. The number of aliphatic carboxylic acids is 1. The highest BCUT2D eigenvalue weighted by Crippen LogP contribution is 2.24. The van der Waals surface area contributed by atoms with Gasteiger partial charge in [0, 0.05) is 25.1 Å². The van der Waals surface area contributed by atoms with Crippen LogP contribution in [0.4, 0.5) is 0 Å². The molecule has 1 saturated heterocycles. The lowest BCUT2D eigenvalue weighted by Crippen LogP contribution is -2.40. The summed E-state index contributed by atoms with van der Waals surface area (Å²) in [6, 6.07) is 4.95. The van der Waals surface area contributed by atoms with Gasteiger partial charge in [-0.3, -0.25) is 9.59 Å². The molecule has 1 aromatic carbocycles. The van der Waals surface area contributed by atoms with Gasteiger partial charge in [0.2, 0.25) is 0 Å². The normalized spacial score (nSPS) is 18.5. The summed E-state index contributed by atoms with van der Waals surface area (Å²) in [7, 11) is 0. The van der Waals surface area contributed by atoms with Gasteiger partial charge in [0.15, 0.2) is 0 Å². The van der Waals surface area contributed by atoms with Crippen molar-refractivity contribution in [3.05, 3.63) is 29.3 Å². The maximum atomic E-state index is 12.4. The fourth-order valence-electron chi connectivity index (χ4n) is 2.74. The molecule has 0 bridgehead atoms. The van der Waals surface area contributed by atoms with Crippen LogP contribution in [0.15, 0.2) is 18.2 Å². The molecule has 21 heavy (non-hydrogen) atoms. The standard InChI is InChI=1S/C16H21NO4/c1-11-4-6-13(9-14(11)18)16(21)17-8-2-3-12(10-17)5-7-15(19)20/h4,6,9,12,18H,2-3,5,7-8,10H2,1H3,(H,19,20). The largest absolute Gasteiger partial charge is 0.508 e. The number of nitrogens with zero attached hydrogens (tertiary/aromatic N) is 1. The van der Waals surface area contributed by atoms with Crippen LogP contribution in [0.1, 0.15) is 41.6 Å². The molecule has 1 aliphatic heterocycles. The van der Waals surface area contributed by atoms with Crippen molar-refractivity contribution in [3.63, 3.8) is 0 Å². The van der Waals surface area contributed by atoms with Gasteiger partial charge in [-0.1, -0.05) is 6.07 Å². The van der Waals surface area contributed by atoms with Crippen molar-refractivity contribution in [3.8, 4) is 5.75 Å². The zero-order valence-corrected chi connectivity index (χ0v) is 12.2. The minimum Gasteiger partial charge on any atom is -0.508 e. The molecule has 2 rings (SSSR count). The van der Waals surface area contributed by atoms with E-state index in [2.05, 4.69) is 0 Å². The van der Waals surface area contributed by atoms with Crippen molar-refractivity contribution in [2.45, 2.75) is 32.6 Å². The Labute approximate surface area is 124 Å². The SMILES string of the molecule is Cc1ccc(C(=O)N2CCCC(CCC(=O)O)C2)cc1O. The van der Waals surface area contributed by atoms with E-state index in [9.17, 15) is 14.7 Å². The molecule has 114 valence electrons. The number of carboxylic acids is 1. The number of hydrogen-bond acceptors (Lipinski definition) is 3. The van der Waals surface area contributed by atoms with Crippen LogP contribution in [0.25, 0.3) is 0 Å².